The second-order valence-corrected chi connectivity index (χ2v) is 7.16. The molecule has 2 aromatic carbocycles. The van der Waals surface area contributed by atoms with Crippen LogP contribution in [-0.2, 0) is 11.2 Å². The molecule has 0 bridgehead atoms. The molecule has 0 saturated carbocycles. The number of rotatable bonds is 9. The van der Waals surface area contributed by atoms with Crippen molar-refractivity contribution in [2.45, 2.75) is 25.4 Å². The van der Waals surface area contributed by atoms with Crippen LogP contribution in [0, 0.1) is 11.3 Å². The average Bonchev–Trinajstić information content (AvgIpc) is 3.32. The molecule has 7 nitrogen and oxygen atoms in total. The van der Waals surface area contributed by atoms with Crippen LogP contribution in [0.3, 0.4) is 0 Å². The summed E-state index contributed by atoms with van der Waals surface area (Å²) in [7, 11) is 1.53. The molecule has 1 fully saturated rings. The van der Waals surface area contributed by atoms with Gasteiger partial charge < -0.3 is 24.8 Å². The maximum Gasteiger partial charge on any atom is 0.253 e. The van der Waals surface area contributed by atoms with Crippen molar-refractivity contribution in [2.24, 2.45) is 0 Å². The first-order valence-electron chi connectivity index (χ1n) is 10.1. The number of nitrogens with zero attached hydrogens (tertiary/aromatic N) is 2. The Balaban J connectivity index is 1.50. The molecule has 0 aromatic heterocycles. The lowest BCUT2D eigenvalue weighted by atomic mass is 10.1. The van der Waals surface area contributed by atoms with E-state index in [4.69, 9.17) is 14.7 Å². The highest BCUT2D eigenvalue weighted by atomic mass is 16.5. The Bertz CT molecular complexity index is 886. The normalized spacial score (nSPS) is 14.1. The lowest BCUT2D eigenvalue weighted by Gasteiger charge is -2.18. The number of methoxy groups -OCH3 is 1. The lowest BCUT2D eigenvalue weighted by molar-refractivity contribution is -0.129. The Morgan fingerprint density at radius 2 is 1.93 bits per heavy atom. The first kappa shape index (κ1) is 21.5. The van der Waals surface area contributed by atoms with Crippen molar-refractivity contribution < 1.29 is 19.4 Å². The molecule has 2 N–H and O–H groups in total. The van der Waals surface area contributed by atoms with Crippen LogP contribution in [0.15, 0.2) is 42.5 Å². The summed E-state index contributed by atoms with van der Waals surface area (Å²) in [6, 6.07) is 14.9. The van der Waals surface area contributed by atoms with E-state index in [0.717, 1.165) is 24.3 Å². The van der Waals surface area contributed by atoms with Crippen LogP contribution < -0.4 is 19.7 Å². The second-order valence-electron chi connectivity index (χ2n) is 7.16. The molecule has 7 heteroatoms. The van der Waals surface area contributed by atoms with Crippen molar-refractivity contribution in [1.82, 2.24) is 5.32 Å². The number of carbonyl (C=O) groups excluding carboxylic acids is 1. The Morgan fingerprint density at radius 3 is 2.60 bits per heavy atom. The number of aliphatic hydroxyl groups is 1. The van der Waals surface area contributed by atoms with Gasteiger partial charge in [-0.3, -0.25) is 4.79 Å². The van der Waals surface area contributed by atoms with Gasteiger partial charge in [0.25, 0.3) is 5.91 Å². The first-order chi connectivity index (χ1) is 14.6. The van der Waals surface area contributed by atoms with Crippen LogP contribution in [0.4, 0.5) is 5.69 Å². The Labute approximate surface area is 176 Å². The van der Waals surface area contributed by atoms with Gasteiger partial charge in [-0.2, -0.15) is 5.26 Å². The van der Waals surface area contributed by atoms with Crippen LogP contribution in [0.5, 0.6) is 11.5 Å². The first-order valence-corrected chi connectivity index (χ1v) is 10.1. The summed E-state index contributed by atoms with van der Waals surface area (Å²) in [6.45, 7) is 2.43. The summed E-state index contributed by atoms with van der Waals surface area (Å²) in [5.41, 5.74) is 2.65. The van der Waals surface area contributed by atoms with Crippen molar-refractivity contribution in [3.63, 3.8) is 0 Å². The molecule has 158 valence electrons. The highest BCUT2D eigenvalue weighted by Crippen LogP contribution is 2.28. The summed E-state index contributed by atoms with van der Waals surface area (Å²) in [5, 5.41) is 21.8. The topological polar surface area (TPSA) is 94.8 Å². The molecular weight excluding hydrogens is 382 g/mol. The van der Waals surface area contributed by atoms with E-state index in [1.807, 2.05) is 42.5 Å². The van der Waals surface area contributed by atoms with Crippen molar-refractivity contribution in [3.8, 4) is 17.6 Å². The van der Waals surface area contributed by atoms with E-state index in [9.17, 15) is 9.90 Å². The van der Waals surface area contributed by atoms with Crippen LogP contribution >= 0.6 is 0 Å². The number of hydrogen-bond donors (Lipinski definition) is 2. The van der Waals surface area contributed by atoms with Gasteiger partial charge in [0, 0.05) is 25.3 Å². The molecule has 0 aliphatic carbocycles. The molecule has 0 radical (unpaired) electrons. The zero-order chi connectivity index (χ0) is 21.3. The molecular formula is C23H27N3O4. The predicted octanol–water partition coefficient (Wildman–Crippen LogP) is 2.59. The predicted molar refractivity (Wildman–Crippen MR) is 114 cm³/mol. The van der Waals surface area contributed by atoms with E-state index in [1.165, 1.54) is 20.0 Å². The van der Waals surface area contributed by atoms with Crippen molar-refractivity contribution in [3.05, 3.63) is 53.6 Å². The molecule has 1 atom stereocenters. The Hall–Kier alpha value is -3.24. The van der Waals surface area contributed by atoms with E-state index in [-0.39, 0.29) is 6.61 Å². The zero-order valence-electron chi connectivity index (χ0n) is 17.1. The van der Waals surface area contributed by atoms with E-state index in [2.05, 4.69) is 10.2 Å². The summed E-state index contributed by atoms with van der Waals surface area (Å²) < 4.78 is 10.6. The quantitative estimate of drug-likeness (QED) is 0.661. The number of nitrogens with one attached hydrogen (secondary N) is 1. The molecule has 1 heterocycles. The molecule has 2 aromatic rings. The van der Waals surface area contributed by atoms with Gasteiger partial charge in [0.1, 0.15) is 6.07 Å². The Kier molecular flexibility index (Phi) is 7.52. The minimum absolute atomic E-state index is 0.0529. The lowest BCUT2D eigenvalue weighted by Crippen LogP contribution is -2.31. The summed E-state index contributed by atoms with van der Waals surface area (Å²) >= 11 is 0. The van der Waals surface area contributed by atoms with E-state index in [1.54, 1.807) is 6.07 Å². The summed E-state index contributed by atoms with van der Waals surface area (Å²) in [5.74, 6) is 0.608. The van der Waals surface area contributed by atoms with Crippen LogP contribution in [0.2, 0.25) is 0 Å². The van der Waals surface area contributed by atoms with Gasteiger partial charge in [-0.25, -0.2) is 0 Å². The number of anilines is 1. The van der Waals surface area contributed by atoms with Crippen molar-refractivity contribution in [2.75, 3.05) is 38.3 Å². The number of carbonyl (C=O) groups is 1. The number of nitriles is 1. The highest BCUT2D eigenvalue weighted by molar-refractivity contribution is 5.82. The third kappa shape index (κ3) is 5.43. The van der Waals surface area contributed by atoms with Crippen LogP contribution in [0.1, 0.15) is 30.1 Å². The van der Waals surface area contributed by atoms with Gasteiger partial charge in [-0.05, 0) is 54.7 Å². The standard InChI is InChI=1S/C23H27N3O4/c1-29-21-16-17(4-9-20(21)30-15-11-24)10-12-25-23(28)22(27)18-5-7-19(8-6-18)26-13-2-3-14-26/h4-9,16,22,27H,2-3,10,12-15H2,1H3,(H,25,28). The smallest absolute Gasteiger partial charge is 0.253 e. The fourth-order valence-corrected chi connectivity index (χ4v) is 3.52. The largest absolute Gasteiger partial charge is 0.493 e. The number of hydrogen-bond acceptors (Lipinski definition) is 6. The molecule has 3 rings (SSSR count). The van der Waals surface area contributed by atoms with Gasteiger partial charge in [-0.1, -0.05) is 18.2 Å². The fourth-order valence-electron chi connectivity index (χ4n) is 3.52. The average molecular weight is 409 g/mol. The Morgan fingerprint density at radius 1 is 1.20 bits per heavy atom. The number of benzene rings is 2. The minimum atomic E-state index is -1.20. The summed E-state index contributed by atoms with van der Waals surface area (Å²) in [6.07, 6.45) is 1.78. The molecule has 1 aliphatic rings. The zero-order valence-corrected chi connectivity index (χ0v) is 17.1. The number of aliphatic hydroxyl groups excluding tert-OH is 1. The highest BCUT2D eigenvalue weighted by Gasteiger charge is 2.18. The molecule has 1 unspecified atom stereocenters. The maximum absolute atomic E-state index is 12.3. The van der Waals surface area contributed by atoms with Gasteiger partial charge in [0.2, 0.25) is 0 Å². The molecule has 1 amide bonds. The van der Waals surface area contributed by atoms with Crippen molar-refractivity contribution in [1.29, 1.82) is 5.26 Å². The van der Waals surface area contributed by atoms with Gasteiger partial charge >= 0.3 is 0 Å². The minimum Gasteiger partial charge on any atom is -0.493 e. The maximum atomic E-state index is 12.3. The number of ether oxygens (including phenoxy) is 2. The summed E-state index contributed by atoms with van der Waals surface area (Å²) in [4.78, 5) is 14.6. The van der Waals surface area contributed by atoms with E-state index in [0.29, 0.717) is 30.0 Å². The number of amides is 1. The van der Waals surface area contributed by atoms with Crippen LogP contribution in [0.25, 0.3) is 0 Å². The molecule has 0 spiro atoms. The third-order valence-corrected chi connectivity index (χ3v) is 5.16. The third-order valence-electron chi connectivity index (χ3n) is 5.16. The molecule has 30 heavy (non-hydrogen) atoms. The van der Waals surface area contributed by atoms with Crippen LogP contribution in [-0.4, -0.2) is 44.4 Å². The van der Waals surface area contributed by atoms with Crippen molar-refractivity contribution >= 4 is 11.6 Å². The van der Waals surface area contributed by atoms with Gasteiger partial charge in [0.05, 0.1) is 7.11 Å². The molecule has 1 aliphatic heterocycles. The SMILES string of the molecule is COc1cc(CCNC(=O)C(O)c2ccc(N3CCCC3)cc2)ccc1OCC#N. The van der Waals surface area contributed by atoms with Gasteiger partial charge in [-0.15, -0.1) is 0 Å². The van der Waals surface area contributed by atoms with E-state index >= 15 is 0 Å². The fraction of sp³-hybridized carbons (Fsp3) is 0.391. The second kappa shape index (κ2) is 10.5. The molecule has 1 saturated heterocycles. The monoisotopic (exact) mass is 409 g/mol. The van der Waals surface area contributed by atoms with Gasteiger partial charge in [0.15, 0.2) is 24.2 Å². The van der Waals surface area contributed by atoms with E-state index < -0.39 is 12.0 Å².